The zero-order valence-electron chi connectivity index (χ0n) is 17.7. The first-order valence-corrected chi connectivity index (χ1v) is 10.6. The van der Waals surface area contributed by atoms with E-state index in [4.69, 9.17) is 21.3 Å². The number of hydrogen-bond acceptors (Lipinski definition) is 5. The molecule has 174 valence electrons. The molecule has 2 aromatic carbocycles. The summed E-state index contributed by atoms with van der Waals surface area (Å²) in [4.78, 5) is 22.6. The van der Waals surface area contributed by atoms with Crippen LogP contribution >= 0.6 is 34.5 Å². The molecule has 0 bridgehead atoms. The number of halogens is 5. The Morgan fingerprint density at radius 2 is 1.91 bits per heavy atom. The van der Waals surface area contributed by atoms with E-state index in [9.17, 15) is 18.0 Å². The van der Waals surface area contributed by atoms with Crippen molar-refractivity contribution in [3.63, 3.8) is 0 Å². The molecule has 0 atom stereocenters. The van der Waals surface area contributed by atoms with Gasteiger partial charge >= 0.3 is 6.18 Å². The summed E-state index contributed by atoms with van der Waals surface area (Å²) in [5.74, 6) is 4.60. The smallest absolute Gasteiger partial charge is 0.398 e. The molecule has 0 spiro atoms. The third-order valence-corrected chi connectivity index (χ3v) is 4.70. The average Bonchev–Trinajstić information content (AvgIpc) is 2.76. The summed E-state index contributed by atoms with van der Waals surface area (Å²) in [6.45, 7) is 1.46. The van der Waals surface area contributed by atoms with Gasteiger partial charge in [0.25, 0.3) is 5.91 Å². The molecule has 0 radical (unpaired) electrons. The molecular formula is C22H18ClF3IN3O3. The lowest BCUT2D eigenvalue weighted by Gasteiger charge is -2.13. The fraction of sp³-hybridized carbons (Fsp3) is 0.227. The largest absolute Gasteiger partial charge is 0.417 e. The second kappa shape index (κ2) is 11.9. The van der Waals surface area contributed by atoms with E-state index in [0.717, 1.165) is 6.07 Å². The minimum absolute atomic E-state index is 0.0368. The fourth-order valence-electron chi connectivity index (χ4n) is 2.56. The molecule has 1 amide bonds. The van der Waals surface area contributed by atoms with Crippen molar-refractivity contribution in [3.8, 4) is 11.8 Å². The second-order valence-corrected chi connectivity index (χ2v) is 8.33. The highest BCUT2D eigenvalue weighted by molar-refractivity contribution is 14.1. The van der Waals surface area contributed by atoms with Gasteiger partial charge < -0.3 is 9.68 Å². The molecule has 0 saturated carbocycles. The molecule has 0 aliphatic heterocycles. The van der Waals surface area contributed by atoms with Crippen LogP contribution < -0.4 is 0 Å². The lowest BCUT2D eigenvalue weighted by Crippen LogP contribution is -2.27. The molecule has 0 aliphatic rings. The number of carbonyl (C=O) groups is 1. The van der Waals surface area contributed by atoms with Crippen molar-refractivity contribution in [2.45, 2.75) is 19.7 Å². The summed E-state index contributed by atoms with van der Waals surface area (Å²) >= 11 is 7.49. The minimum Gasteiger partial charge on any atom is -0.398 e. The van der Waals surface area contributed by atoms with Crippen molar-refractivity contribution in [1.29, 1.82) is 0 Å². The Balaban J connectivity index is 2.22. The van der Waals surface area contributed by atoms with Crippen LogP contribution in [0.5, 0.6) is 0 Å². The van der Waals surface area contributed by atoms with Gasteiger partial charge in [-0.2, -0.15) is 13.2 Å². The van der Waals surface area contributed by atoms with Crippen molar-refractivity contribution < 1.29 is 27.6 Å². The molecule has 0 fully saturated rings. The van der Waals surface area contributed by atoms with Crippen LogP contribution in [0.2, 0.25) is 5.02 Å². The minimum atomic E-state index is -4.59. The normalized spacial score (nSPS) is 12.0. The number of alkyl halides is 3. The third kappa shape index (κ3) is 7.64. The summed E-state index contributed by atoms with van der Waals surface area (Å²) in [6.07, 6.45) is -4.59. The molecule has 0 aromatic heterocycles. The monoisotopic (exact) mass is 591 g/mol. The van der Waals surface area contributed by atoms with Gasteiger partial charge in [0.05, 0.1) is 28.4 Å². The summed E-state index contributed by atoms with van der Waals surface area (Å²) in [7, 11) is 2.90. The maximum Gasteiger partial charge on any atom is 0.417 e. The molecule has 33 heavy (non-hydrogen) atoms. The topological polar surface area (TPSA) is 63.5 Å². The Hall–Kier alpha value is -2.78. The van der Waals surface area contributed by atoms with Crippen LogP contribution in [-0.4, -0.2) is 34.6 Å². The highest BCUT2D eigenvalue weighted by Crippen LogP contribution is 2.33. The first-order chi connectivity index (χ1) is 15.5. The number of amides is 1. The van der Waals surface area contributed by atoms with Gasteiger partial charge in [-0.15, -0.1) is 0 Å². The molecule has 0 unspecified atom stereocenters. The highest BCUT2D eigenvalue weighted by atomic mass is 127. The number of oxime groups is 2. The van der Waals surface area contributed by atoms with Crippen molar-refractivity contribution >= 4 is 51.8 Å². The molecule has 2 aromatic rings. The molecule has 6 nitrogen and oxygen atoms in total. The van der Waals surface area contributed by atoms with Crippen LogP contribution in [0.3, 0.4) is 0 Å². The van der Waals surface area contributed by atoms with E-state index >= 15 is 0 Å². The number of likely N-dealkylation sites (N-methyl/N-ethyl adjacent to an activating group) is 1. The maximum atomic E-state index is 13.2. The molecule has 0 N–H and O–H groups in total. The van der Waals surface area contributed by atoms with Crippen LogP contribution in [-0.2, 0) is 27.3 Å². The number of nitrogens with zero attached hydrogens (tertiary/aromatic N) is 3. The standard InChI is InChI=1S/C22H18ClF3IN3O3/c1-14(8-9-15-10-11-17(23)12-19(15)22(24,25)26)28-33-13-16-6-4-5-7-18(16)20(29-32-3)21(31)30(2)27/h4-7,10-12H,13H2,1-3H3/b28-14+,29-20+. The first-order valence-electron chi connectivity index (χ1n) is 9.23. The molecule has 0 aliphatic carbocycles. The number of rotatable bonds is 6. The maximum absolute atomic E-state index is 13.2. The lowest BCUT2D eigenvalue weighted by molar-refractivity contribution is -0.137. The average molecular weight is 592 g/mol. The zero-order valence-corrected chi connectivity index (χ0v) is 20.6. The Morgan fingerprint density at radius 3 is 2.55 bits per heavy atom. The third-order valence-electron chi connectivity index (χ3n) is 4.02. The van der Waals surface area contributed by atoms with E-state index in [1.807, 2.05) is 22.9 Å². The van der Waals surface area contributed by atoms with Gasteiger partial charge in [-0.25, -0.2) is 0 Å². The van der Waals surface area contributed by atoms with Gasteiger partial charge in [0.1, 0.15) is 19.4 Å². The predicted octanol–water partition coefficient (Wildman–Crippen LogP) is 5.46. The quantitative estimate of drug-likeness (QED) is 0.147. The summed E-state index contributed by atoms with van der Waals surface area (Å²) in [6, 6.07) is 10.2. The van der Waals surface area contributed by atoms with E-state index in [2.05, 4.69) is 22.2 Å². The molecule has 0 saturated heterocycles. The van der Waals surface area contributed by atoms with Crippen LogP contribution in [0.4, 0.5) is 13.2 Å². The molecule has 0 heterocycles. The number of hydrogen-bond donors (Lipinski definition) is 0. The summed E-state index contributed by atoms with van der Waals surface area (Å²) < 4.78 is 40.9. The van der Waals surface area contributed by atoms with Crippen LogP contribution in [0.25, 0.3) is 0 Å². The lowest BCUT2D eigenvalue weighted by atomic mass is 10.0. The Morgan fingerprint density at radius 1 is 1.21 bits per heavy atom. The van der Waals surface area contributed by atoms with Gasteiger partial charge in [0.2, 0.25) is 0 Å². The predicted molar refractivity (Wildman–Crippen MR) is 128 cm³/mol. The van der Waals surface area contributed by atoms with Crippen molar-refractivity contribution in [1.82, 2.24) is 3.11 Å². The zero-order chi connectivity index (χ0) is 24.6. The van der Waals surface area contributed by atoms with Gasteiger partial charge in [0.15, 0.2) is 5.71 Å². The number of carbonyl (C=O) groups excluding carboxylic acids is 1. The van der Waals surface area contributed by atoms with E-state index in [1.165, 1.54) is 29.3 Å². The Bertz CT molecular complexity index is 1140. The van der Waals surface area contributed by atoms with Crippen LogP contribution in [0.1, 0.15) is 29.2 Å². The van der Waals surface area contributed by atoms with Gasteiger partial charge in [-0.05, 0) is 31.0 Å². The molecule has 2 rings (SSSR count). The Kier molecular flexibility index (Phi) is 9.55. The van der Waals surface area contributed by atoms with Crippen LogP contribution in [0.15, 0.2) is 52.8 Å². The second-order valence-electron chi connectivity index (χ2n) is 6.45. The summed E-state index contributed by atoms with van der Waals surface area (Å²) in [5.41, 5.74) is 0.166. The van der Waals surface area contributed by atoms with E-state index in [0.29, 0.717) is 11.1 Å². The Labute approximate surface area is 207 Å². The van der Waals surface area contributed by atoms with E-state index in [-0.39, 0.29) is 34.5 Å². The van der Waals surface area contributed by atoms with Crippen LogP contribution in [0, 0.1) is 11.8 Å². The van der Waals surface area contributed by atoms with E-state index in [1.54, 1.807) is 31.3 Å². The highest BCUT2D eigenvalue weighted by Gasteiger charge is 2.33. The van der Waals surface area contributed by atoms with Gasteiger partial charge in [-0.1, -0.05) is 52.1 Å². The fourth-order valence-corrected chi connectivity index (χ4v) is 2.96. The molecular weight excluding hydrogens is 574 g/mol. The van der Waals surface area contributed by atoms with Crippen molar-refractivity contribution in [3.05, 3.63) is 69.7 Å². The first kappa shape index (κ1) is 26.5. The van der Waals surface area contributed by atoms with Gasteiger partial charge in [-0.3, -0.25) is 7.91 Å². The van der Waals surface area contributed by atoms with Gasteiger partial charge in [0, 0.05) is 28.8 Å². The van der Waals surface area contributed by atoms with Crippen molar-refractivity contribution in [2.75, 3.05) is 14.2 Å². The summed E-state index contributed by atoms with van der Waals surface area (Å²) in [5, 5.41) is 7.62. The van der Waals surface area contributed by atoms with E-state index < -0.39 is 11.7 Å². The number of benzene rings is 2. The SMILES string of the molecule is CO/N=C(/C(=O)N(C)I)c1ccccc1CO/N=C(\C)C#Cc1ccc(Cl)cc1C(F)(F)F. The molecule has 11 heteroatoms. The van der Waals surface area contributed by atoms with Crippen molar-refractivity contribution in [2.24, 2.45) is 10.3 Å².